The number of ether oxygens (including phenoxy) is 1. The summed E-state index contributed by atoms with van der Waals surface area (Å²) in [5.74, 6) is 1.06. The molecule has 5 heteroatoms. The van der Waals surface area contributed by atoms with Gasteiger partial charge in [-0.05, 0) is 50.7 Å². The molecule has 2 unspecified atom stereocenters. The molecular weight excluding hydrogens is 319 g/mol. The molecule has 3 heterocycles. The Labute approximate surface area is 146 Å². The molecular formula is C20H23FN2O2. The van der Waals surface area contributed by atoms with Gasteiger partial charge in [-0.1, -0.05) is 17.3 Å². The van der Waals surface area contributed by atoms with Crippen LogP contribution in [-0.2, 0) is 11.3 Å². The quantitative estimate of drug-likeness (QED) is 0.886. The SMILES string of the molecule is Fc1ccccc1-c1noc(C2CC2)c1COC1CC2CCC(C1)N2. The summed E-state index contributed by atoms with van der Waals surface area (Å²) in [6.07, 6.45) is 7.16. The number of hydrogen-bond acceptors (Lipinski definition) is 4. The number of nitrogens with one attached hydrogen (secondary N) is 1. The zero-order chi connectivity index (χ0) is 16.8. The van der Waals surface area contributed by atoms with Crippen LogP contribution in [0.5, 0.6) is 0 Å². The van der Waals surface area contributed by atoms with Crippen molar-refractivity contribution < 1.29 is 13.7 Å². The molecule has 0 radical (unpaired) electrons. The van der Waals surface area contributed by atoms with Crippen molar-refractivity contribution in [2.45, 2.75) is 69.2 Å². The second-order valence-corrected chi connectivity index (χ2v) is 7.67. The van der Waals surface area contributed by atoms with Crippen LogP contribution in [-0.4, -0.2) is 23.3 Å². The van der Waals surface area contributed by atoms with Crippen LogP contribution in [0.15, 0.2) is 28.8 Å². The number of hydrogen-bond donors (Lipinski definition) is 1. The van der Waals surface area contributed by atoms with E-state index in [-0.39, 0.29) is 11.9 Å². The third-order valence-corrected chi connectivity index (χ3v) is 5.79. The first-order valence-corrected chi connectivity index (χ1v) is 9.39. The van der Waals surface area contributed by atoms with E-state index in [0.29, 0.717) is 35.9 Å². The van der Waals surface area contributed by atoms with Gasteiger partial charge in [0.05, 0.1) is 12.7 Å². The maximum Gasteiger partial charge on any atom is 0.145 e. The third kappa shape index (κ3) is 3.00. The van der Waals surface area contributed by atoms with E-state index >= 15 is 0 Å². The lowest BCUT2D eigenvalue weighted by Gasteiger charge is -2.29. The number of rotatable bonds is 5. The Hall–Kier alpha value is -1.72. The van der Waals surface area contributed by atoms with E-state index in [1.165, 1.54) is 18.9 Å². The van der Waals surface area contributed by atoms with Crippen molar-refractivity contribution in [1.29, 1.82) is 0 Å². The van der Waals surface area contributed by atoms with Crippen LogP contribution >= 0.6 is 0 Å². The van der Waals surface area contributed by atoms with Gasteiger partial charge in [0.15, 0.2) is 0 Å². The molecule has 1 N–H and O–H groups in total. The fraction of sp³-hybridized carbons (Fsp3) is 0.550. The number of nitrogens with zero attached hydrogens (tertiary/aromatic N) is 1. The normalized spacial score (nSPS) is 28.4. The van der Waals surface area contributed by atoms with E-state index in [1.807, 2.05) is 6.07 Å². The fourth-order valence-electron chi connectivity index (χ4n) is 4.33. The van der Waals surface area contributed by atoms with Crippen molar-refractivity contribution in [3.05, 3.63) is 41.4 Å². The van der Waals surface area contributed by atoms with Gasteiger partial charge in [-0.2, -0.15) is 0 Å². The van der Waals surface area contributed by atoms with Crippen LogP contribution in [0, 0.1) is 5.82 Å². The van der Waals surface area contributed by atoms with E-state index in [9.17, 15) is 4.39 Å². The van der Waals surface area contributed by atoms with Gasteiger partial charge in [0.2, 0.25) is 0 Å². The van der Waals surface area contributed by atoms with Crippen molar-refractivity contribution in [3.8, 4) is 11.3 Å². The summed E-state index contributed by atoms with van der Waals surface area (Å²) < 4.78 is 26.1. The van der Waals surface area contributed by atoms with Gasteiger partial charge in [0.1, 0.15) is 17.3 Å². The second-order valence-electron chi connectivity index (χ2n) is 7.67. The van der Waals surface area contributed by atoms with Crippen molar-refractivity contribution in [2.24, 2.45) is 0 Å². The summed E-state index contributed by atoms with van der Waals surface area (Å²) in [6.45, 7) is 0.461. The molecule has 4 nitrogen and oxygen atoms in total. The van der Waals surface area contributed by atoms with Crippen molar-refractivity contribution in [2.75, 3.05) is 0 Å². The first kappa shape index (κ1) is 15.5. The predicted molar refractivity (Wildman–Crippen MR) is 91.6 cm³/mol. The predicted octanol–water partition coefficient (Wildman–Crippen LogP) is 4.16. The maximum absolute atomic E-state index is 14.3. The monoisotopic (exact) mass is 342 g/mol. The number of benzene rings is 1. The van der Waals surface area contributed by atoms with Gasteiger partial charge in [0, 0.05) is 29.1 Å². The standard InChI is InChI=1S/C20H23FN2O2/c21-18-4-2-1-3-16(18)19-17(20(25-23-19)12-5-6-12)11-24-15-9-13-7-8-14(10-15)22-13/h1-4,12-15,22H,5-11H2. The first-order valence-electron chi connectivity index (χ1n) is 9.39. The van der Waals surface area contributed by atoms with E-state index in [0.717, 1.165) is 37.0 Å². The molecule has 2 aromatic rings. The fourth-order valence-corrected chi connectivity index (χ4v) is 4.33. The van der Waals surface area contributed by atoms with Crippen LogP contribution in [0.1, 0.15) is 55.8 Å². The third-order valence-electron chi connectivity index (χ3n) is 5.79. The molecule has 3 aliphatic rings. The van der Waals surface area contributed by atoms with Gasteiger partial charge >= 0.3 is 0 Å². The average Bonchev–Trinajstić information content (AvgIpc) is 3.30. The molecule has 0 amide bonds. The van der Waals surface area contributed by atoms with Crippen molar-refractivity contribution in [3.63, 3.8) is 0 Å². The lowest BCUT2D eigenvalue weighted by molar-refractivity contribution is 0.00875. The summed E-state index contributed by atoms with van der Waals surface area (Å²) in [5, 5.41) is 7.84. The summed E-state index contributed by atoms with van der Waals surface area (Å²) in [5.41, 5.74) is 2.05. The molecule has 1 aromatic carbocycles. The minimum atomic E-state index is -0.265. The summed E-state index contributed by atoms with van der Waals surface area (Å²) >= 11 is 0. The highest BCUT2D eigenvalue weighted by atomic mass is 19.1. The maximum atomic E-state index is 14.3. The zero-order valence-corrected chi connectivity index (χ0v) is 14.2. The number of piperidine rings is 1. The minimum Gasteiger partial charge on any atom is -0.373 e. The molecule has 2 bridgehead atoms. The topological polar surface area (TPSA) is 47.3 Å². The highest BCUT2D eigenvalue weighted by Gasteiger charge is 2.36. The van der Waals surface area contributed by atoms with Gasteiger partial charge in [0.25, 0.3) is 0 Å². The lowest BCUT2D eigenvalue weighted by atomic mass is 10.0. The Kier molecular flexibility index (Phi) is 3.86. The number of fused-ring (bicyclic) bond motifs is 2. The van der Waals surface area contributed by atoms with Crippen LogP contribution in [0.3, 0.4) is 0 Å². The van der Waals surface area contributed by atoms with E-state index in [1.54, 1.807) is 12.1 Å². The van der Waals surface area contributed by atoms with E-state index < -0.39 is 0 Å². The van der Waals surface area contributed by atoms with Gasteiger partial charge in [-0.25, -0.2) is 4.39 Å². The van der Waals surface area contributed by atoms with Gasteiger partial charge in [-0.15, -0.1) is 0 Å². The highest BCUT2D eigenvalue weighted by Crippen LogP contribution is 2.44. The lowest BCUT2D eigenvalue weighted by Crippen LogP contribution is -2.41. The molecule has 132 valence electrons. The van der Waals surface area contributed by atoms with Crippen LogP contribution < -0.4 is 5.32 Å². The Morgan fingerprint density at radius 3 is 2.60 bits per heavy atom. The second kappa shape index (κ2) is 6.22. The van der Waals surface area contributed by atoms with Crippen molar-refractivity contribution in [1.82, 2.24) is 10.5 Å². The molecule has 3 fully saturated rings. The van der Waals surface area contributed by atoms with Crippen LogP contribution in [0.25, 0.3) is 11.3 Å². The molecule has 1 aromatic heterocycles. The van der Waals surface area contributed by atoms with Gasteiger partial charge < -0.3 is 14.6 Å². The van der Waals surface area contributed by atoms with Crippen LogP contribution in [0.2, 0.25) is 0 Å². The molecule has 2 atom stereocenters. The average molecular weight is 342 g/mol. The summed E-state index contributed by atoms with van der Waals surface area (Å²) in [7, 11) is 0. The van der Waals surface area contributed by atoms with Crippen LogP contribution in [0.4, 0.5) is 4.39 Å². The first-order chi connectivity index (χ1) is 12.3. The Bertz CT molecular complexity index is 759. The van der Waals surface area contributed by atoms with E-state index in [4.69, 9.17) is 9.26 Å². The number of aromatic nitrogens is 1. The largest absolute Gasteiger partial charge is 0.373 e. The summed E-state index contributed by atoms with van der Waals surface area (Å²) in [6, 6.07) is 7.95. The molecule has 2 aliphatic heterocycles. The molecule has 5 rings (SSSR count). The molecule has 25 heavy (non-hydrogen) atoms. The zero-order valence-electron chi connectivity index (χ0n) is 14.2. The highest BCUT2D eigenvalue weighted by molar-refractivity contribution is 5.64. The molecule has 1 aliphatic carbocycles. The Balaban J connectivity index is 1.39. The molecule has 1 saturated carbocycles. The van der Waals surface area contributed by atoms with E-state index in [2.05, 4.69) is 10.5 Å². The molecule has 0 spiro atoms. The number of halogens is 1. The minimum absolute atomic E-state index is 0.265. The van der Waals surface area contributed by atoms with Gasteiger partial charge in [-0.3, -0.25) is 0 Å². The Morgan fingerprint density at radius 1 is 1.12 bits per heavy atom. The Morgan fingerprint density at radius 2 is 1.88 bits per heavy atom. The smallest absolute Gasteiger partial charge is 0.145 e. The van der Waals surface area contributed by atoms with Crippen molar-refractivity contribution >= 4 is 0 Å². The summed E-state index contributed by atoms with van der Waals surface area (Å²) in [4.78, 5) is 0. The molecule has 2 saturated heterocycles.